The Labute approximate surface area is 247 Å². The van der Waals surface area contributed by atoms with Crippen molar-refractivity contribution in [3.8, 4) is 11.3 Å². The van der Waals surface area contributed by atoms with Crippen molar-refractivity contribution in [3.05, 3.63) is 48.2 Å². The molecule has 6 rings (SSSR count). The summed E-state index contributed by atoms with van der Waals surface area (Å²) in [6.45, 7) is 5.45. The summed E-state index contributed by atoms with van der Waals surface area (Å²) in [5.74, 6) is -2.77. The van der Waals surface area contributed by atoms with Gasteiger partial charge in [0, 0.05) is 65.6 Å². The van der Waals surface area contributed by atoms with Crippen molar-refractivity contribution < 1.29 is 13.6 Å². The molecule has 2 saturated heterocycles. The third-order valence-electron chi connectivity index (χ3n) is 8.43. The van der Waals surface area contributed by atoms with E-state index in [9.17, 15) is 4.79 Å². The van der Waals surface area contributed by atoms with Crippen molar-refractivity contribution >= 4 is 40.0 Å². The summed E-state index contributed by atoms with van der Waals surface area (Å²) in [7, 11) is 5.60. The van der Waals surface area contributed by atoms with Gasteiger partial charge in [-0.2, -0.15) is 0 Å². The van der Waals surface area contributed by atoms with Crippen LogP contribution in [0, 0.1) is 11.6 Å². The zero-order valence-electron chi connectivity index (χ0n) is 24.4. The molecule has 2 aliphatic heterocycles. The predicted molar refractivity (Wildman–Crippen MR) is 162 cm³/mol. The van der Waals surface area contributed by atoms with Crippen LogP contribution in [0.1, 0.15) is 23.3 Å². The maximum Gasteiger partial charge on any atom is 0.271 e. The van der Waals surface area contributed by atoms with E-state index in [4.69, 9.17) is 5.73 Å². The highest BCUT2D eigenvalue weighted by Crippen LogP contribution is 2.35. The molecule has 43 heavy (non-hydrogen) atoms. The quantitative estimate of drug-likeness (QED) is 0.295. The van der Waals surface area contributed by atoms with Crippen molar-refractivity contribution in [2.24, 2.45) is 12.8 Å². The van der Waals surface area contributed by atoms with Gasteiger partial charge in [0.05, 0.1) is 35.0 Å². The van der Waals surface area contributed by atoms with Gasteiger partial charge in [-0.3, -0.25) is 14.7 Å². The number of anilines is 4. The molecule has 0 unspecified atom stereocenters. The first-order chi connectivity index (χ1) is 20.7. The van der Waals surface area contributed by atoms with Gasteiger partial charge in [0.2, 0.25) is 0 Å². The minimum atomic E-state index is -1.08. The monoisotopic (exact) mass is 591 g/mol. The number of likely N-dealkylation sites (N-methyl/N-ethyl adjacent to an activating group) is 1. The normalized spacial score (nSPS) is 17.0. The first-order valence-electron chi connectivity index (χ1n) is 14.3. The lowest BCUT2D eigenvalue weighted by Crippen LogP contribution is -2.52. The van der Waals surface area contributed by atoms with Crippen LogP contribution in [0.3, 0.4) is 0 Å². The molecule has 12 nitrogen and oxygen atoms in total. The van der Waals surface area contributed by atoms with E-state index < -0.39 is 17.5 Å². The molecule has 0 atom stereocenters. The summed E-state index contributed by atoms with van der Waals surface area (Å²) in [6, 6.07) is 3.45. The summed E-state index contributed by atoms with van der Waals surface area (Å²) >= 11 is 0. The fraction of sp³-hybridized carbons (Fsp3) is 0.414. The average molecular weight is 592 g/mol. The van der Waals surface area contributed by atoms with E-state index >= 15 is 8.78 Å². The molecular weight excluding hydrogens is 556 g/mol. The van der Waals surface area contributed by atoms with E-state index in [1.165, 1.54) is 6.07 Å². The Balaban J connectivity index is 1.25. The Morgan fingerprint density at radius 3 is 2.42 bits per heavy atom. The first-order valence-corrected chi connectivity index (χ1v) is 14.3. The lowest BCUT2D eigenvalue weighted by atomic mass is 10.0. The number of pyridine rings is 1. The lowest BCUT2D eigenvalue weighted by molar-refractivity contribution is 0.0981. The number of amides is 1. The zero-order chi connectivity index (χ0) is 30.2. The number of nitrogens with zero attached hydrogens (tertiary/aromatic N) is 8. The van der Waals surface area contributed by atoms with E-state index in [1.807, 2.05) is 11.9 Å². The maximum atomic E-state index is 15.5. The summed E-state index contributed by atoms with van der Waals surface area (Å²) in [6.07, 6.45) is 6.66. The van der Waals surface area contributed by atoms with Crippen molar-refractivity contribution in [1.82, 2.24) is 34.3 Å². The van der Waals surface area contributed by atoms with Gasteiger partial charge in [-0.05, 0) is 32.0 Å². The minimum absolute atomic E-state index is 0.110. The minimum Gasteiger partial charge on any atom is -0.371 e. The molecule has 0 radical (unpaired) electrons. The van der Waals surface area contributed by atoms with E-state index in [2.05, 4.69) is 47.4 Å². The van der Waals surface area contributed by atoms with Gasteiger partial charge >= 0.3 is 0 Å². The van der Waals surface area contributed by atoms with Crippen LogP contribution in [0.5, 0.6) is 0 Å². The van der Waals surface area contributed by atoms with E-state index in [1.54, 1.807) is 36.4 Å². The molecule has 0 aliphatic carbocycles. The molecule has 0 saturated carbocycles. The number of nitrogens with two attached hydrogens (primary N) is 1. The topological polar surface area (TPSA) is 133 Å². The number of hydrogen-bond donors (Lipinski definition) is 3. The summed E-state index contributed by atoms with van der Waals surface area (Å²) in [4.78, 5) is 36.9. The third-order valence-corrected chi connectivity index (χ3v) is 8.43. The standard InChI is InChI=1S/C29H35F2N11O/c1-33-28-25(18-14-34-15-21-24(18)35-16-40(21)3)37-26(27(32)43)29(38-28)36-19-4-5-20(23(31)22(19)30)42-8-6-17(7-9-42)41-12-10-39(2)11-13-41/h4-5,14-17H,6-13H2,1-3H3,(H2,32,43)(H2,33,36,38). The van der Waals surface area contributed by atoms with Gasteiger partial charge in [-0.1, -0.05) is 0 Å². The maximum absolute atomic E-state index is 15.5. The molecule has 2 aliphatic rings. The molecule has 226 valence electrons. The molecule has 4 N–H and O–H groups in total. The van der Waals surface area contributed by atoms with Crippen molar-refractivity contribution in [3.63, 3.8) is 0 Å². The van der Waals surface area contributed by atoms with Crippen LogP contribution in [0.4, 0.5) is 31.8 Å². The molecule has 14 heteroatoms. The highest BCUT2D eigenvalue weighted by Gasteiger charge is 2.29. The number of fused-ring (bicyclic) bond motifs is 1. The van der Waals surface area contributed by atoms with Crippen LogP contribution in [-0.4, -0.2) is 99.6 Å². The van der Waals surface area contributed by atoms with E-state index in [0.29, 0.717) is 35.9 Å². The van der Waals surface area contributed by atoms with Gasteiger partial charge in [0.15, 0.2) is 29.0 Å². The molecule has 1 amide bonds. The van der Waals surface area contributed by atoms with Crippen LogP contribution >= 0.6 is 0 Å². The molecule has 4 aromatic rings. The van der Waals surface area contributed by atoms with Crippen LogP contribution < -0.4 is 21.3 Å². The van der Waals surface area contributed by atoms with Crippen LogP contribution in [0.2, 0.25) is 0 Å². The second kappa shape index (κ2) is 11.7. The van der Waals surface area contributed by atoms with Crippen LogP contribution in [0.25, 0.3) is 22.3 Å². The van der Waals surface area contributed by atoms with Gasteiger partial charge in [0.25, 0.3) is 5.91 Å². The van der Waals surface area contributed by atoms with E-state index in [-0.39, 0.29) is 28.7 Å². The Hall–Kier alpha value is -4.43. The number of benzene rings is 1. The number of imidazole rings is 1. The highest BCUT2D eigenvalue weighted by atomic mass is 19.2. The third kappa shape index (κ3) is 5.43. The van der Waals surface area contributed by atoms with Gasteiger partial charge in [0.1, 0.15) is 11.2 Å². The van der Waals surface area contributed by atoms with E-state index in [0.717, 1.165) is 44.5 Å². The predicted octanol–water partition coefficient (Wildman–Crippen LogP) is 2.80. The highest BCUT2D eigenvalue weighted by molar-refractivity contribution is 5.99. The number of halogens is 2. The number of aryl methyl sites for hydroxylation is 1. The molecule has 2 fully saturated rings. The number of piperidine rings is 1. The fourth-order valence-corrected chi connectivity index (χ4v) is 5.94. The lowest BCUT2D eigenvalue weighted by Gasteiger charge is -2.42. The second-order valence-corrected chi connectivity index (χ2v) is 11.1. The fourth-order valence-electron chi connectivity index (χ4n) is 5.94. The average Bonchev–Trinajstić information content (AvgIpc) is 3.40. The number of carbonyl (C=O) groups is 1. The van der Waals surface area contributed by atoms with Crippen molar-refractivity contribution in [1.29, 1.82) is 0 Å². The number of piperazine rings is 1. The molecule has 0 spiro atoms. The van der Waals surface area contributed by atoms with Gasteiger partial charge in [-0.15, -0.1) is 0 Å². The summed E-state index contributed by atoms with van der Waals surface area (Å²) in [5.41, 5.74) is 7.64. The number of aromatic nitrogens is 5. The first kappa shape index (κ1) is 28.7. The Kier molecular flexibility index (Phi) is 7.79. The summed E-state index contributed by atoms with van der Waals surface area (Å²) in [5, 5.41) is 5.70. The van der Waals surface area contributed by atoms with Crippen molar-refractivity contribution in [2.45, 2.75) is 18.9 Å². The Morgan fingerprint density at radius 1 is 0.977 bits per heavy atom. The number of hydrogen-bond acceptors (Lipinski definition) is 10. The van der Waals surface area contributed by atoms with Crippen molar-refractivity contribution in [2.75, 3.05) is 68.9 Å². The Morgan fingerprint density at radius 2 is 1.72 bits per heavy atom. The number of rotatable bonds is 7. The summed E-state index contributed by atoms with van der Waals surface area (Å²) < 4.78 is 32.7. The SMILES string of the molecule is CNc1nc(Nc2ccc(N3CCC(N4CCN(C)CC4)CC3)c(F)c2F)c(C(N)=O)nc1-c1cncc2c1ncn2C. The van der Waals surface area contributed by atoms with Gasteiger partial charge < -0.3 is 30.7 Å². The van der Waals surface area contributed by atoms with Crippen LogP contribution in [-0.2, 0) is 7.05 Å². The zero-order valence-corrected chi connectivity index (χ0v) is 24.4. The second-order valence-electron chi connectivity index (χ2n) is 11.1. The number of nitrogens with one attached hydrogen (secondary N) is 2. The molecule has 5 heterocycles. The molecule has 3 aromatic heterocycles. The smallest absolute Gasteiger partial charge is 0.271 e. The molecule has 0 bridgehead atoms. The molecular formula is C29H35F2N11O. The Bertz CT molecular complexity index is 1660. The van der Waals surface area contributed by atoms with Gasteiger partial charge in [-0.25, -0.2) is 23.7 Å². The van der Waals surface area contributed by atoms with Crippen LogP contribution in [0.15, 0.2) is 30.9 Å². The molecule has 1 aromatic carbocycles. The largest absolute Gasteiger partial charge is 0.371 e. The number of primary amides is 1. The number of carbonyl (C=O) groups excluding carboxylic acids is 1.